The van der Waals surface area contributed by atoms with Crippen LogP contribution in [0.5, 0.6) is 0 Å². The number of fused-ring (bicyclic) bond motifs is 1. The highest BCUT2D eigenvalue weighted by Gasteiger charge is 2.60. The largest absolute Gasteiger partial charge is 0.428 e. The zero-order valence-corrected chi connectivity index (χ0v) is 22.9. The minimum absolute atomic E-state index is 0.0900. The predicted molar refractivity (Wildman–Crippen MR) is 140 cm³/mol. The predicted octanol–water partition coefficient (Wildman–Crippen LogP) is 2.98. The number of carbonyl (C=O) groups excluding carboxylic acids is 3. The molecule has 200 valence electrons. The lowest BCUT2D eigenvalue weighted by molar-refractivity contribution is -0.172. The van der Waals surface area contributed by atoms with Gasteiger partial charge in [0, 0.05) is 41.3 Å². The number of carbonyl (C=O) groups is 3. The van der Waals surface area contributed by atoms with Gasteiger partial charge in [0.1, 0.15) is 5.70 Å². The van der Waals surface area contributed by atoms with E-state index >= 15 is 0 Å². The maximum atomic E-state index is 13.1. The van der Waals surface area contributed by atoms with E-state index in [0.717, 1.165) is 67.6 Å². The molecular weight excluding hydrogens is 502 g/mol. The van der Waals surface area contributed by atoms with Crippen molar-refractivity contribution in [1.29, 1.82) is 0 Å². The first kappa shape index (κ1) is 27.3. The molecular formula is C25H37N3O6S2. The Bertz CT molecular complexity index is 917. The van der Waals surface area contributed by atoms with Crippen LogP contribution in [0, 0.1) is 11.8 Å². The van der Waals surface area contributed by atoms with E-state index in [1.807, 2.05) is 6.92 Å². The number of amidine groups is 1. The molecule has 9 nitrogen and oxygen atoms in total. The summed E-state index contributed by atoms with van der Waals surface area (Å²) in [5.41, 5.74) is 0.237. The third-order valence-electron chi connectivity index (χ3n) is 7.18. The van der Waals surface area contributed by atoms with Crippen LogP contribution in [-0.2, 0) is 23.9 Å². The Labute approximate surface area is 221 Å². The summed E-state index contributed by atoms with van der Waals surface area (Å²) in [7, 11) is 0. The van der Waals surface area contributed by atoms with Crippen molar-refractivity contribution in [3.63, 3.8) is 0 Å². The van der Waals surface area contributed by atoms with Gasteiger partial charge in [-0.3, -0.25) is 14.6 Å². The van der Waals surface area contributed by atoms with E-state index in [0.29, 0.717) is 6.42 Å². The topological polar surface area (TPSA) is 109 Å². The van der Waals surface area contributed by atoms with E-state index in [9.17, 15) is 19.5 Å². The third-order valence-corrected chi connectivity index (χ3v) is 9.66. The van der Waals surface area contributed by atoms with Gasteiger partial charge in [-0.1, -0.05) is 51.3 Å². The van der Waals surface area contributed by atoms with Crippen molar-refractivity contribution in [2.24, 2.45) is 16.8 Å². The van der Waals surface area contributed by atoms with E-state index in [-0.39, 0.29) is 28.8 Å². The lowest BCUT2D eigenvalue weighted by Gasteiger charge is -2.46. The minimum atomic E-state index is -0.794. The molecule has 4 atom stereocenters. The Balaban J connectivity index is 1.35. The van der Waals surface area contributed by atoms with Crippen LogP contribution in [0.25, 0.3) is 0 Å². The molecule has 4 aliphatic heterocycles. The molecule has 0 aromatic carbocycles. The fourth-order valence-corrected chi connectivity index (χ4v) is 7.59. The number of hydrogen-bond acceptors (Lipinski definition) is 10. The minimum Gasteiger partial charge on any atom is -0.428 e. The number of rotatable bonds is 12. The van der Waals surface area contributed by atoms with Crippen LogP contribution >= 0.6 is 23.5 Å². The van der Waals surface area contributed by atoms with Gasteiger partial charge in [0.2, 0.25) is 12.7 Å². The van der Waals surface area contributed by atoms with Crippen molar-refractivity contribution in [2.75, 3.05) is 32.2 Å². The van der Waals surface area contributed by atoms with Gasteiger partial charge >= 0.3 is 11.9 Å². The number of esters is 2. The smallest absolute Gasteiger partial charge is 0.358 e. The number of thioether (sulfide) groups is 2. The molecule has 2 saturated heterocycles. The number of aliphatic hydroxyl groups is 1. The molecule has 0 aromatic heterocycles. The molecule has 0 saturated carbocycles. The lowest BCUT2D eigenvalue weighted by atomic mass is 9.79. The van der Waals surface area contributed by atoms with Crippen LogP contribution < -0.4 is 0 Å². The lowest BCUT2D eigenvalue weighted by Crippen LogP contribution is -2.63. The normalized spacial score (nSPS) is 26.4. The SMILES string of the molecule is CCCCCCCC(=O)OCOC(=O)C1=C(SC2CN(C3=NCCS3)C2)[C@H](C)[C@@H]2[C@@H]([C@@H](C)O)C(=O)N12. The summed E-state index contributed by atoms with van der Waals surface area (Å²) in [5.74, 6) is -0.921. The van der Waals surface area contributed by atoms with E-state index in [1.165, 1.54) is 4.90 Å². The molecule has 36 heavy (non-hydrogen) atoms. The number of unbranched alkanes of at least 4 members (excludes halogenated alkanes) is 4. The highest BCUT2D eigenvalue weighted by Crippen LogP contribution is 2.52. The molecule has 1 amide bonds. The number of ether oxygens (including phenoxy) is 2. The van der Waals surface area contributed by atoms with Crippen molar-refractivity contribution in [3.8, 4) is 0 Å². The second-order valence-corrected chi connectivity index (χ2v) is 12.3. The van der Waals surface area contributed by atoms with Gasteiger partial charge in [-0.15, -0.1) is 11.8 Å². The van der Waals surface area contributed by atoms with Crippen LogP contribution in [0.3, 0.4) is 0 Å². The molecule has 1 N–H and O–H groups in total. The fourth-order valence-electron chi connectivity index (χ4n) is 5.19. The molecule has 0 aromatic rings. The molecule has 4 aliphatic rings. The summed E-state index contributed by atoms with van der Waals surface area (Å²) in [4.78, 5) is 47.0. The molecule has 4 rings (SSSR count). The summed E-state index contributed by atoms with van der Waals surface area (Å²) >= 11 is 3.38. The molecule has 11 heteroatoms. The van der Waals surface area contributed by atoms with E-state index in [2.05, 4.69) is 16.8 Å². The van der Waals surface area contributed by atoms with Gasteiger partial charge < -0.3 is 24.4 Å². The van der Waals surface area contributed by atoms with Gasteiger partial charge in [0.05, 0.1) is 24.6 Å². The zero-order chi connectivity index (χ0) is 25.8. The summed E-state index contributed by atoms with van der Waals surface area (Å²) in [6, 6.07) is -0.265. The van der Waals surface area contributed by atoms with Gasteiger partial charge in [0.25, 0.3) is 0 Å². The number of aliphatic hydroxyl groups excluding tert-OH is 1. The van der Waals surface area contributed by atoms with Crippen molar-refractivity contribution in [3.05, 3.63) is 10.6 Å². The number of β-lactam (4-membered cyclic amide) rings is 1. The third kappa shape index (κ3) is 5.72. The highest BCUT2D eigenvalue weighted by atomic mass is 32.2. The number of hydrogen-bond donors (Lipinski definition) is 1. The summed E-state index contributed by atoms with van der Waals surface area (Å²) in [6.45, 7) is 7.81. The number of likely N-dealkylation sites (tertiary alicyclic amines) is 1. The molecule has 4 heterocycles. The number of aliphatic imine (C=N–C) groups is 1. The van der Waals surface area contributed by atoms with E-state index in [1.54, 1.807) is 30.4 Å². The second kappa shape index (κ2) is 12.2. The second-order valence-electron chi connectivity index (χ2n) is 9.85. The van der Waals surface area contributed by atoms with Crippen LogP contribution in [-0.4, -0.2) is 87.5 Å². The van der Waals surface area contributed by atoms with Crippen molar-refractivity contribution in [1.82, 2.24) is 9.80 Å². The van der Waals surface area contributed by atoms with Gasteiger partial charge in [-0.05, 0) is 13.3 Å². The highest BCUT2D eigenvalue weighted by molar-refractivity contribution is 8.14. The Morgan fingerprint density at radius 1 is 1.22 bits per heavy atom. The van der Waals surface area contributed by atoms with Gasteiger partial charge in [-0.25, -0.2) is 4.79 Å². The summed E-state index contributed by atoms with van der Waals surface area (Å²) < 4.78 is 10.4. The Morgan fingerprint density at radius 3 is 2.64 bits per heavy atom. The van der Waals surface area contributed by atoms with Crippen molar-refractivity contribution < 1.29 is 29.0 Å². The summed E-state index contributed by atoms with van der Waals surface area (Å²) in [5, 5.41) is 11.5. The maximum absolute atomic E-state index is 13.1. The summed E-state index contributed by atoms with van der Waals surface area (Å²) in [6.07, 6.45) is 4.62. The van der Waals surface area contributed by atoms with Gasteiger partial charge in [-0.2, -0.15) is 0 Å². The van der Waals surface area contributed by atoms with Crippen LogP contribution in [0.15, 0.2) is 15.6 Å². The Hall–Kier alpha value is -1.72. The van der Waals surface area contributed by atoms with E-state index < -0.39 is 30.8 Å². The molecule has 0 bridgehead atoms. The maximum Gasteiger partial charge on any atom is 0.358 e. The molecule has 0 unspecified atom stereocenters. The van der Waals surface area contributed by atoms with Crippen LogP contribution in [0.2, 0.25) is 0 Å². The first-order chi connectivity index (χ1) is 17.3. The zero-order valence-electron chi connectivity index (χ0n) is 21.3. The first-order valence-electron chi connectivity index (χ1n) is 13.0. The van der Waals surface area contributed by atoms with Crippen LogP contribution in [0.4, 0.5) is 0 Å². The van der Waals surface area contributed by atoms with Crippen molar-refractivity contribution >= 4 is 46.5 Å². The number of nitrogens with zero attached hydrogens (tertiary/aromatic N) is 3. The standard InChI is InChI=1S/C25H37N3O6S2/c1-4-5-6-7-8-9-18(30)33-14-34-24(32)21-22(15(2)20-19(16(3)29)23(31)28(20)21)36-17-12-27(13-17)25-26-10-11-35-25/h15-17,19-20,29H,4-14H2,1-3H3/t15-,16-,19-,20-/m1/s1. The molecule has 0 aliphatic carbocycles. The Kier molecular flexibility index (Phi) is 9.27. The average Bonchev–Trinajstić information content (AvgIpc) is 3.41. The molecule has 0 spiro atoms. The quantitative estimate of drug-likeness (QED) is 0.173. The van der Waals surface area contributed by atoms with Crippen molar-refractivity contribution in [2.45, 2.75) is 76.7 Å². The van der Waals surface area contributed by atoms with Gasteiger partial charge in [0.15, 0.2) is 5.17 Å². The molecule has 2 fully saturated rings. The van der Waals surface area contributed by atoms with Crippen LogP contribution in [0.1, 0.15) is 59.3 Å². The number of amides is 1. The monoisotopic (exact) mass is 539 g/mol. The average molecular weight is 540 g/mol. The fraction of sp³-hybridized carbons (Fsp3) is 0.760. The van der Waals surface area contributed by atoms with E-state index in [4.69, 9.17) is 9.47 Å². The molecule has 0 radical (unpaired) electrons. The first-order valence-corrected chi connectivity index (χ1v) is 14.9. The Morgan fingerprint density at radius 2 is 1.97 bits per heavy atom.